The van der Waals surface area contributed by atoms with Gasteiger partial charge in [0.1, 0.15) is 0 Å². The second-order valence-corrected chi connectivity index (χ2v) is 4.52. The van der Waals surface area contributed by atoms with E-state index in [9.17, 15) is 0 Å². The molecule has 0 aliphatic carbocycles. The van der Waals surface area contributed by atoms with Crippen LogP contribution in [0.5, 0.6) is 0 Å². The molecule has 0 aromatic heterocycles. The van der Waals surface area contributed by atoms with Crippen LogP contribution in [0.3, 0.4) is 0 Å². The molecule has 1 radical (unpaired) electrons. The summed E-state index contributed by atoms with van der Waals surface area (Å²) in [5, 5.41) is 0. The summed E-state index contributed by atoms with van der Waals surface area (Å²) in [4.78, 5) is 0. The highest BCUT2D eigenvalue weighted by Gasteiger charge is 1.91. The first-order valence-corrected chi connectivity index (χ1v) is 6.97. The largest absolute Gasteiger partial charge is 0.103 e. The van der Waals surface area contributed by atoms with Crippen LogP contribution >= 0.6 is 0 Å². The topological polar surface area (TPSA) is 0 Å². The van der Waals surface area contributed by atoms with E-state index >= 15 is 0 Å². The molecule has 0 nitrogen and oxygen atoms in total. The van der Waals surface area contributed by atoms with Gasteiger partial charge in [0.2, 0.25) is 0 Å². The molecule has 0 N–H and O–H groups in total. The Morgan fingerprint density at radius 3 is 1.50 bits per heavy atom. The van der Waals surface area contributed by atoms with Gasteiger partial charge >= 0.3 is 0 Å². The monoisotopic (exact) mass is 221 g/mol. The lowest BCUT2D eigenvalue weighted by atomic mass is 10.1. The Kier molecular flexibility index (Phi) is 14.0. The molecular formula is C16H29. The quantitative estimate of drug-likeness (QED) is 0.286. The van der Waals surface area contributed by atoms with Crippen molar-refractivity contribution in [3.63, 3.8) is 0 Å². The van der Waals surface area contributed by atoms with Crippen LogP contribution in [0.4, 0.5) is 0 Å². The first kappa shape index (κ1) is 15.5. The van der Waals surface area contributed by atoms with Crippen molar-refractivity contribution in [3.05, 3.63) is 31.7 Å². The van der Waals surface area contributed by atoms with Crippen molar-refractivity contribution in [1.29, 1.82) is 0 Å². The van der Waals surface area contributed by atoms with Crippen LogP contribution in [0.1, 0.15) is 70.6 Å². The molecular weight excluding hydrogens is 192 g/mol. The van der Waals surface area contributed by atoms with Gasteiger partial charge < -0.3 is 0 Å². The van der Waals surface area contributed by atoms with Gasteiger partial charge in [0.25, 0.3) is 0 Å². The van der Waals surface area contributed by atoms with Gasteiger partial charge in [-0.25, -0.2) is 0 Å². The average Bonchev–Trinajstić information content (AvgIpc) is 2.31. The van der Waals surface area contributed by atoms with E-state index in [1.807, 2.05) is 12.2 Å². The fourth-order valence-corrected chi connectivity index (χ4v) is 1.91. The van der Waals surface area contributed by atoms with Crippen LogP contribution < -0.4 is 0 Å². The number of rotatable bonds is 12. The lowest BCUT2D eigenvalue weighted by Crippen LogP contribution is -1.81. The molecule has 0 aromatic carbocycles. The fraction of sp³-hybridized carbons (Fsp3) is 0.688. The van der Waals surface area contributed by atoms with Gasteiger partial charge in [-0.15, -0.1) is 6.58 Å². The molecule has 0 atom stereocenters. The maximum absolute atomic E-state index is 3.74. The van der Waals surface area contributed by atoms with Gasteiger partial charge in [-0.05, 0) is 32.6 Å². The first-order valence-electron chi connectivity index (χ1n) is 6.97. The molecule has 0 unspecified atom stereocenters. The normalized spacial score (nSPS) is 11.1. The summed E-state index contributed by atoms with van der Waals surface area (Å²) in [7, 11) is 0. The van der Waals surface area contributed by atoms with Crippen LogP contribution in [0.15, 0.2) is 24.8 Å². The van der Waals surface area contributed by atoms with Crippen LogP contribution in [0.2, 0.25) is 0 Å². The number of hydrogen-bond acceptors (Lipinski definition) is 0. The number of hydrogen-bond donors (Lipinski definition) is 0. The van der Waals surface area contributed by atoms with Crippen molar-refractivity contribution in [2.75, 3.05) is 0 Å². The highest BCUT2D eigenvalue weighted by Crippen LogP contribution is 2.11. The Morgan fingerprint density at radius 1 is 0.625 bits per heavy atom. The minimum absolute atomic E-state index is 1.19. The Hall–Kier alpha value is -0.520. The zero-order chi connectivity index (χ0) is 11.9. The minimum atomic E-state index is 1.19. The van der Waals surface area contributed by atoms with Crippen molar-refractivity contribution in [2.45, 2.75) is 70.6 Å². The van der Waals surface area contributed by atoms with Gasteiger partial charge in [0, 0.05) is 0 Å². The smallest absolute Gasteiger partial charge is 0.0316 e. The second kappa shape index (κ2) is 14.5. The molecule has 93 valence electrons. The molecule has 0 saturated heterocycles. The van der Waals surface area contributed by atoms with E-state index in [2.05, 4.69) is 19.6 Å². The van der Waals surface area contributed by atoms with Gasteiger partial charge in [-0.2, -0.15) is 0 Å². The van der Waals surface area contributed by atoms with E-state index < -0.39 is 0 Å². The first-order chi connectivity index (χ1) is 7.91. The summed E-state index contributed by atoms with van der Waals surface area (Å²) in [5.41, 5.74) is 0. The van der Waals surface area contributed by atoms with Crippen LogP contribution in [-0.2, 0) is 0 Å². The van der Waals surface area contributed by atoms with E-state index in [0.29, 0.717) is 0 Å². The lowest BCUT2D eigenvalue weighted by Gasteiger charge is -2.01. The highest BCUT2D eigenvalue weighted by atomic mass is 14.0. The number of allylic oxidation sites excluding steroid dienone is 3. The Balaban J connectivity index is 2.90. The van der Waals surface area contributed by atoms with Crippen LogP contribution in [0, 0.1) is 6.92 Å². The predicted octanol–water partition coefficient (Wildman–Crippen LogP) is 5.85. The van der Waals surface area contributed by atoms with Crippen LogP contribution in [0.25, 0.3) is 0 Å². The number of unbranched alkanes of at least 4 members (excludes halogenated alkanes) is 10. The van der Waals surface area contributed by atoms with Gasteiger partial charge in [0.05, 0.1) is 0 Å². The minimum Gasteiger partial charge on any atom is -0.103 e. The molecule has 0 aliphatic rings. The Morgan fingerprint density at radius 2 is 1.06 bits per heavy atom. The summed E-state index contributed by atoms with van der Waals surface area (Å²) in [5.74, 6) is 0. The third-order valence-electron chi connectivity index (χ3n) is 2.95. The molecule has 0 fully saturated rings. The predicted molar refractivity (Wildman–Crippen MR) is 75.5 cm³/mol. The molecule has 0 bridgehead atoms. The summed E-state index contributed by atoms with van der Waals surface area (Å²) in [6, 6.07) is 0. The van der Waals surface area contributed by atoms with E-state index in [1.165, 1.54) is 70.6 Å². The zero-order valence-electron chi connectivity index (χ0n) is 10.9. The van der Waals surface area contributed by atoms with Gasteiger partial charge in [-0.1, -0.05) is 63.2 Å². The van der Waals surface area contributed by atoms with E-state index in [1.54, 1.807) is 0 Å². The average molecular weight is 221 g/mol. The van der Waals surface area contributed by atoms with Crippen molar-refractivity contribution in [2.24, 2.45) is 0 Å². The molecule has 0 rings (SSSR count). The third kappa shape index (κ3) is 13.5. The van der Waals surface area contributed by atoms with Crippen molar-refractivity contribution in [1.82, 2.24) is 0 Å². The molecule has 0 heteroatoms. The molecule has 0 aromatic rings. The van der Waals surface area contributed by atoms with Gasteiger partial charge in [0.15, 0.2) is 0 Å². The Labute approximate surface area is 103 Å². The Bertz CT molecular complexity index is 155. The van der Waals surface area contributed by atoms with Crippen LogP contribution in [-0.4, -0.2) is 0 Å². The molecule has 0 saturated carbocycles. The maximum atomic E-state index is 3.74. The van der Waals surface area contributed by atoms with E-state index in [0.717, 1.165) is 0 Å². The summed E-state index contributed by atoms with van der Waals surface area (Å²) in [6.45, 7) is 7.43. The molecule has 0 heterocycles. The van der Waals surface area contributed by atoms with Crippen molar-refractivity contribution < 1.29 is 0 Å². The molecule has 0 amide bonds. The van der Waals surface area contributed by atoms with E-state index in [-0.39, 0.29) is 0 Å². The fourth-order valence-electron chi connectivity index (χ4n) is 1.91. The SMILES string of the molecule is [CH2]C=CCCCCCCCCCCCC=C. The summed E-state index contributed by atoms with van der Waals surface area (Å²) < 4.78 is 0. The van der Waals surface area contributed by atoms with Crippen molar-refractivity contribution in [3.8, 4) is 0 Å². The highest BCUT2D eigenvalue weighted by molar-refractivity contribution is 4.83. The molecule has 0 aliphatic heterocycles. The van der Waals surface area contributed by atoms with E-state index in [4.69, 9.17) is 0 Å². The maximum Gasteiger partial charge on any atom is -0.0316 e. The molecule has 16 heavy (non-hydrogen) atoms. The third-order valence-corrected chi connectivity index (χ3v) is 2.95. The summed E-state index contributed by atoms with van der Waals surface area (Å²) in [6.07, 6.45) is 21.1. The lowest BCUT2D eigenvalue weighted by molar-refractivity contribution is 0.561. The van der Waals surface area contributed by atoms with Crippen molar-refractivity contribution >= 4 is 0 Å². The second-order valence-electron chi connectivity index (χ2n) is 4.52. The molecule has 0 spiro atoms. The zero-order valence-corrected chi connectivity index (χ0v) is 10.9. The standard InChI is InChI=1S/C16H29/c1-3-5-7-9-11-13-15-16-14-12-10-8-6-4-2/h3-5H,1-2,6-16H2. The summed E-state index contributed by atoms with van der Waals surface area (Å²) >= 11 is 0. The van der Waals surface area contributed by atoms with Gasteiger partial charge in [-0.3, -0.25) is 0 Å².